The lowest BCUT2D eigenvalue weighted by molar-refractivity contribution is 0.101. The van der Waals surface area contributed by atoms with E-state index < -0.39 is 0 Å². The van der Waals surface area contributed by atoms with E-state index in [1.165, 1.54) is 0 Å². The van der Waals surface area contributed by atoms with Crippen LogP contribution in [-0.4, -0.2) is 12.4 Å². The predicted molar refractivity (Wildman–Crippen MR) is 86.4 cm³/mol. The molecule has 1 heterocycles. The molecule has 0 spiro atoms. The first-order valence-electron chi connectivity index (χ1n) is 7.24. The van der Waals surface area contributed by atoms with Crippen LogP contribution in [0.15, 0.2) is 42.2 Å². The van der Waals surface area contributed by atoms with Gasteiger partial charge in [0.1, 0.15) is 17.6 Å². The molecule has 0 amide bonds. The quantitative estimate of drug-likeness (QED) is 0.809. The van der Waals surface area contributed by atoms with Crippen LogP contribution < -0.4 is 9.47 Å². The number of carbonyl (C=O) groups excluding carboxylic acids is 1. The molecule has 4 nitrogen and oxygen atoms in total. The summed E-state index contributed by atoms with van der Waals surface area (Å²) in [7, 11) is 0. The molecule has 23 heavy (non-hydrogen) atoms. The topological polar surface area (TPSA) is 59.3 Å². The largest absolute Gasteiger partial charge is 0.479 e. The van der Waals surface area contributed by atoms with E-state index in [0.717, 1.165) is 16.7 Å². The number of nitrogens with zero attached hydrogens (tertiary/aromatic N) is 1. The number of Topliss-reactive ketones (excluding diaryl/α,β-unsaturated/α-hetero) is 1. The number of allylic oxidation sites excluding steroid dienone is 1. The van der Waals surface area contributed by atoms with E-state index in [-0.39, 0.29) is 12.4 Å². The highest BCUT2D eigenvalue weighted by molar-refractivity contribution is 6.15. The van der Waals surface area contributed by atoms with Gasteiger partial charge in [-0.25, -0.2) is 0 Å². The number of hydrogen-bond acceptors (Lipinski definition) is 4. The average Bonchev–Trinajstić information content (AvgIpc) is 2.84. The maximum Gasteiger partial charge on any atom is 0.232 e. The maximum atomic E-state index is 12.6. The highest BCUT2D eigenvalue weighted by atomic mass is 16.5. The molecule has 0 unspecified atom stereocenters. The van der Waals surface area contributed by atoms with Gasteiger partial charge < -0.3 is 9.47 Å². The van der Waals surface area contributed by atoms with E-state index in [1.54, 1.807) is 18.2 Å². The second-order valence-corrected chi connectivity index (χ2v) is 5.36. The van der Waals surface area contributed by atoms with Crippen LogP contribution in [-0.2, 0) is 0 Å². The number of carbonyl (C=O) groups is 1. The zero-order chi connectivity index (χ0) is 16.4. The molecular weight excluding hydrogens is 290 g/mol. The second kappa shape index (κ2) is 5.98. The van der Waals surface area contributed by atoms with Gasteiger partial charge in [0.2, 0.25) is 5.78 Å². The zero-order valence-electron chi connectivity index (χ0n) is 12.9. The molecule has 0 bridgehead atoms. The Balaban J connectivity index is 1.97. The second-order valence-electron chi connectivity index (χ2n) is 5.36. The fourth-order valence-electron chi connectivity index (χ4n) is 2.57. The van der Waals surface area contributed by atoms with Gasteiger partial charge in [0, 0.05) is 6.07 Å². The van der Waals surface area contributed by atoms with Crippen LogP contribution in [0.4, 0.5) is 0 Å². The minimum Gasteiger partial charge on any atom is -0.479 e. The number of fused-ring (bicyclic) bond motifs is 1. The van der Waals surface area contributed by atoms with Gasteiger partial charge in [-0.15, -0.1) is 0 Å². The van der Waals surface area contributed by atoms with Crippen molar-refractivity contribution in [2.45, 2.75) is 13.8 Å². The normalized spacial score (nSPS) is 14.3. The van der Waals surface area contributed by atoms with E-state index in [9.17, 15) is 4.79 Å². The Morgan fingerprint density at radius 3 is 2.74 bits per heavy atom. The van der Waals surface area contributed by atoms with Crippen molar-refractivity contribution in [1.29, 1.82) is 5.26 Å². The molecule has 0 aliphatic carbocycles. The van der Waals surface area contributed by atoms with Crippen molar-refractivity contribution in [3.05, 3.63) is 64.4 Å². The first-order chi connectivity index (χ1) is 11.1. The summed E-state index contributed by atoms with van der Waals surface area (Å²) in [5, 5.41) is 8.60. The summed E-state index contributed by atoms with van der Waals surface area (Å²) in [5.41, 5.74) is 3.34. The highest BCUT2D eigenvalue weighted by Gasteiger charge is 2.30. The summed E-state index contributed by atoms with van der Waals surface area (Å²) in [4.78, 5) is 12.6. The van der Waals surface area contributed by atoms with Crippen molar-refractivity contribution in [2.75, 3.05) is 6.61 Å². The monoisotopic (exact) mass is 305 g/mol. The number of ether oxygens (including phenoxy) is 2. The summed E-state index contributed by atoms with van der Waals surface area (Å²) >= 11 is 0. The van der Waals surface area contributed by atoms with Gasteiger partial charge in [-0.2, -0.15) is 5.26 Å². The molecule has 0 saturated carbocycles. The van der Waals surface area contributed by atoms with Crippen molar-refractivity contribution >= 4 is 11.9 Å². The minimum atomic E-state index is -0.132. The van der Waals surface area contributed by atoms with Crippen LogP contribution in [0.3, 0.4) is 0 Å². The smallest absolute Gasteiger partial charge is 0.232 e. The van der Waals surface area contributed by atoms with Gasteiger partial charge in [0.15, 0.2) is 12.4 Å². The SMILES string of the molecule is Cc1ccccc1/C=C1\Oc2cc(OCC#N)cc(C)c2C1=O. The summed E-state index contributed by atoms with van der Waals surface area (Å²) < 4.78 is 11.0. The van der Waals surface area contributed by atoms with Gasteiger partial charge >= 0.3 is 0 Å². The van der Waals surface area contributed by atoms with Gasteiger partial charge in [-0.1, -0.05) is 24.3 Å². The number of ketones is 1. The Kier molecular flexibility index (Phi) is 3.86. The van der Waals surface area contributed by atoms with Gasteiger partial charge in [-0.05, 0) is 42.7 Å². The Morgan fingerprint density at radius 2 is 2.00 bits per heavy atom. The molecule has 0 radical (unpaired) electrons. The van der Waals surface area contributed by atoms with Crippen molar-refractivity contribution in [1.82, 2.24) is 0 Å². The molecular formula is C19H15NO3. The van der Waals surface area contributed by atoms with E-state index in [1.807, 2.05) is 44.2 Å². The van der Waals surface area contributed by atoms with Crippen LogP contribution in [0, 0.1) is 25.2 Å². The third kappa shape index (κ3) is 2.82. The van der Waals surface area contributed by atoms with E-state index >= 15 is 0 Å². The summed E-state index contributed by atoms with van der Waals surface area (Å²) in [6.45, 7) is 3.77. The fraction of sp³-hybridized carbons (Fsp3) is 0.158. The first kappa shape index (κ1) is 14.9. The number of rotatable bonds is 3. The van der Waals surface area contributed by atoms with E-state index in [4.69, 9.17) is 14.7 Å². The molecule has 114 valence electrons. The van der Waals surface area contributed by atoms with Gasteiger partial charge in [0.25, 0.3) is 0 Å². The number of aryl methyl sites for hydroxylation is 2. The molecule has 0 atom stereocenters. The van der Waals surface area contributed by atoms with E-state index in [0.29, 0.717) is 22.8 Å². The predicted octanol–water partition coefficient (Wildman–Crippen LogP) is 3.82. The average molecular weight is 305 g/mol. The minimum absolute atomic E-state index is 0.0436. The van der Waals surface area contributed by atoms with Crippen LogP contribution in [0.5, 0.6) is 11.5 Å². The van der Waals surface area contributed by atoms with E-state index in [2.05, 4.69) is 0 Å². The summed E-state index contributed by atoms with van der Waals surface area (Å²) in [6, 6.07) is 13.1. The third-order valence-electron chi connectivity index (χ3n) is 3.72. The lowest BCUT2D eigenvalue weighted by atomic mass is 10.0. The van der Waals surface area contributed by atoms with Crippen molar-refractivity contribution in [3.8, 4) is 17.6 Å². The Hall–Kier alpha value is -3.06. The Bertz CT molecular complexity index is 859. The van der Waals surface area contributed by atoms with Crippen molar-refractivity contribution in [2.24, 2.45) is 0 Å². The molecule has 1 aliphatic rings. The van der Waals surface area contributed by atoms with Crippen molar-refractivity contribution < 1.29 is 14.3 Å². The van der Waals surface area contributed by atoms with Crippen molar-refractivity contribution in [3.63, 3.8) is 0 Å². The zero-order valence-corrected chi connectivity index (χ0v) is 12.9. The molecule has 0 aromatic heterocycles. The van der Waals surface area contributed by atoms with Crippen LogP contribution in [0.1, 0.15) is 27.0 Å². The number of hydrogen-bond donors (Lipinski definition) is 0. The van der Waals surface area contributed by atoms with Crippen LogP contribution in [0.2, 0.25) is 0 Å². The molecule has 0 fully saturated rings. The standard InChI is InChI=1S/C19H15NO3/c1-12-5-3-4-6-14(12)10-17-19(21)18-13(2)9-15(22-8-7-20)11-16(18)23-17/h3-6,9-11H,8H2,1-2H3/b17-10-. The Morgan fingerprint density at radius 1 is 1.22 bits per heavy atom. The van der Waals surface area contributed by atoms with Crippen LogP contribution >= 0.6 is 0 Å². The van der Waals surface area contributed by atoms with Gasteiger partial charge in [0.05, 0.1) is 5.56 Å². The summed E-state index contributed by atoms with van der Waals surface area (Å²) in [6.07, 6.45) is 1.76. The molecule has 2 aromatic rings. The first-order valence-corrected chi connectivity index (χ1v) is 7.24. The fourth-order valence-corrected chi connectivity index (χ4v) is 2.57. The molecule has 0 saturated heterocycles. The lowest BCUT2D eigenvalue weighted by Crippen LogP contribution is -2.00. The molecule has 4 heteroatoms. The molecule has 0 N–H and O–H groups in total. The van der Waals surface area contributed by atoms with Crippen LogP contribution in [0.25, 0.3) is 6.08 Å². The highest BCUT2D eigenvalue weighted by Crippen LogP contribution is 2.37. The third-order valence-corrected chi connectivity index (χ3v) is 3.72. The maximum absolute atomic E-state index is 12.6. The Labute approximate surface area is 134 Å². The van der Waals surface area contributed by atoms with Gasteiger partial charge in [-0.3, -0.25) is 4.79 Å². The molecule has 3 rings (SSSR count). The summed E-state index contributed by atoms with van der Waals surface area (Å²) in [5.74, 6) is 1.16. The number of benzene rings is 2. The molecule has 1 aliphatic heterocycles. The molecule has 2 aromatic carbocycles. The lowest BCUT2D eigenvalue weighted by Gasteiger charge is -2.06. The number of nitriles is 1.